The van der Waals surface area contributed by atoms with Crippen molar-refractivity contribution in [1.29, 1.82) is 0 Å². The van der Waals surface area contributed by atoms with Crippen LogP contribution in [0.3, 0.4) is 0 Å². The van der Waals surface area contributed by atoms with Crippen molar-refractivity contribution in [3.8, 4) is 0 Å². The van der Waals surface area contributed by atoms with Crippen molar-refractivity contribution in [3.05, 3.63) is 11.9 Å². The first-order chi connectivity index (χ1) is 7.95. The molecule has 1 N–H and O–H groups in total. The molecule has 4 nitrogen and oxygen atoms in total. The van der Waals surface area contributed by atoms with Crippen LogP contribution in [0, 0.1) is 0 Å². The molecule has 3 rings (SSSR count). The van der Waals surface area contributed by atoms with E-state index in [1.807, 2.05) is 6.20 Å². The largest absolute Gasteiger partial charge is 0.317 e. The second-order valence-electron chi connectivity index (χ2n) is 5.07. The Morgan fingerprint density at radius 1 is 1.12 bits per heavy atom. The van der Waals surface area contributed by atoms with E-state index in [-0.39, 0.29) is 0 Å². The Bertz CT molecular complexity index is 335. The van der Waals surface area contributed by atoms with E-state index in [2.05, 4.69) is 20.3 Å². The molecule has 0 aromatic carbocycles. The number of piperidine rings is 1. The third kappa shape index (κ3) is 1.86. The molecule has 0 atom stereocenters. The van der Waals surface area contributed by atoms with Gasteiger partial charge in [-0.15, -0.1) is 5.10 Å². The summed E-state index contributed by atoms with van der Waals surface area (Å²) < 4.78 is 2.22. The van der Waals surface area contributed by atoms with Crippen LogP contribution in [0.4, 0.5) is 0 Å². The quantitative estimate of drug-likeness (QED) is 0.827. The Kier molecular flexibility index (Phi) is 2.91. The monoisotopic (exact) mass is 220 g/mol. The highest BCUT2D eigenvalue weighted by molar-refractivity contribution is 5.06. The molecule has 2 fully saturated rings. The lowest BCUT2D eigenvalue weighted by Crippen LogP contribution is -2.30. The molecular weight excluding hydrogens is 200 g/mol. The van der Waals surface area contributed by atoms with Crippen LogP contribution in [0.5, 0.6) is 0 Å². The minimum Gasteiger partial charge on any atom is -0.317 e. The van der Waals surface area contributed by atoms with E-state index >= 15 is 0 Å². The van der Waals surface area contributed by atoms with E-state index in [0.717, 1.165) is 19.0 Å². The fourth-order valence-electron chi connectivity index (χ4n) is 3.10. The lowest BCUT2D eigenvalue weighted by molar-refractivity contribution is 0.325. The van der Waals surface area contributed by atoms with Crippen molar-refractivity contribution in [1.82, 2.24) is 20.3 Å². The Morgan fingerprint density at radius 2 is 1.88 bits per heavy atom. The average Bonchev–Trinajstić information content (AvgIpc) is 3.01. The first-order valence-corrected chi connectivity index (χ1v) is 6.56. The second kappa shape index (κ2) is 4.53. The molecule has 1 aromatic heterocycles. The summed E-state index contributed by atoms with van der Waals surface area (Å²) in [6.45, 7) is 2.24. The zero-order valence-corrected chi connectivity index (χ0v) is 9.73. The molecule has 0 bridgehead atoms. The highest BCUT2D eigenvalue weighted by Gasteiger charge is 2.25. The zero-order valence-electron chi connectivity index (χ0n) is 9.73. The molecule has 1 aliphatic heterocycles. The molecule has 1 saturated carbocycles. The molecular formula is C12H20N4. The predicted octanol–water partition coefficient (Wildman–Crippen LogP) is 1.86. The van der Waals surface area contributed by atoms with Gasteiger partial charge in [0.15, 0.2) is 0 Å². The average molecular weight is 220 g/mol. The lowest BCUT2D eigenvalue weighted by Gasteiger charge is -2.25. The Labute approximate surface area is 96.4 Å². The highest BCUT2D eigenvalue weighted by atomic mass is 15.4. The summed E-state index contributed by atoms with van der Waals surface area (Å²) >= 11 is 0. The Balaban J connectivity index is 1.80. The van der Waals surface area contributed by atoms with Crippen LogP contribution >= 0.6 is 0 Å². The van der Waals surface area contributed by atoms with Gasteiger partial charge in [0.1, 0.15) is 0 Å². The van der Waals surface area contributed by atoms with Gasteiger partial charge in [0.05, 0.1) is 17.9 Å². The standard InChI is InChI=1S/C12H20N4/c1-2-4-10(3-1)12-9-14-15-16(12)11-5-7-13-8-6-11/h9-11,13H,1-8H2. The Hall–Kier alpha value is -0.900. The molecule has 88 valence electrons. The van der Waals surface area contributed by atoms with Gasteiger partial charge in [-0.2, -0.15) is 0 Å². The molecule has 16 heavy (non-hydrogen) atoms. The van der Waals surface area contributed by atoms with E-state index in [0.29, 0.717) is 6.04 Å². The molecule has 2 aliphatic rings. The van der Waals surface area contributed by atoms with E-state index in [1.54, 1.807) is 0 Å². The maximum atomic E-state index is 4.32. The van der Waals surface area contributed by atoms with Gasteiger partial charge in [-0.3, -0.25) is 0 Å². The van der Waals surface area contributed by atoms with Crippen LogP contribution in [-0.2, 0) is 0 Å². The molecule has 4 heteroatoms. The van der Waals surface area contributed by atoms with Crippen LogP contribution < -0.4 is 5.32 Å². The van der Waals surface area contributed by atoms with E-state index in [4.69, 9.17) is 0 Å². The van der Waals surface area contributed by atoms with Gasteiger partial charge in [-0.1, -0.05) is 18.1 Å². The number of nitrogens with one attached hydrogen (secondary N) is 1. The second-order valence-corrected chi connectivity index (χ2v) is 5.07. The maximum absolute atomic E-state index is 4.32. The first-order valence-electron chi connectivity index (χ1n) is 6.56. The van der Waals surface area contributed by atoms with Crippen LogP contribution in [0.1, 0.15) is 56.2 Å². The minimum atomic E-state index is 0.583. The van der Waals surface area contributed by atoms with E-state index in [1.165, 1.54) is 44.2 Å². The zero-order chi connectivity index (χ0) is 10.8. The molecule has 0 radical (unpaired) electrons. The van der Waals surface area contributed by atoms with Gasteiger partial charge in [0.25, 0.3) is 0 Å². The first kappa shape index (κ1) is 10.3. The van der Waals surface area contributed by atoms with Crippen molar-refractivity contribution in [2.24, 2.45) is 0 Å². The van der Waals surface area contributed by atoms with Crippen LogP contribution in [-0.4, -0.2) is 28.1 Å². The normalized spacial score (nSPS) is 24.0. The van der Waals surface area contributed by atoms with Crippen molar-refractivity contribution in [2.75, 3.05) is 13.1 Å². The summed E-state index contributed by atoms with van der Waals surface area (Å²) in [5.74, 6) is 0.727. The maximum Gasteiger partial charge on any atom is 0.0728 e. The van der Waals surface area contributed by atoms with Gasteiger partial charge >= 0.3 is 0 Å². The molecule has 0 unspecified atom stereocenters. The van der Waals surface area contributed by atoms with Crippen LogP contribution in [0.2, 0.25) is 0 Å². The van der Waals surface area contributed by atoms with Crippen molar-refractivity contribution < 1.29 is 0 Å². The highest BCUT2D eigenvalue weighted by Crippen LogP contribution is 2.35. The minimum absolute atomic E-state index is 0.583. The van der Waals surface area contributed by atoms with Gasteiger partial charge in [0, 0.05) is 5.92 Å². The summed E-state index contributed by atoms with van der Waals surface area (Å²) in [6.07, 6.45) is 9.81. The van der Waals surface area contributed by atoms with Gasteiger partial charge < -0.3 is 5.32 Å². The fourth-order valence-corrected chi connectivity index (χ4v) is 3.10. The third-order valence-electron chi connectivity index (χ3n) is 4.03. The molecule has 0 amide bonds. The van der Waals surface area contributed by atoms with E-state index in [9.17, 15) is 0 Å². The van der Waals surface area contributed by atoms with Crippen LogP contribution in [0.15, 0.2) is 6.20 Å². The number of nitrogens with zero attached hydrogens (tertiary/aromatic N) is 3. The Morgan fingerprint density at radius 3 is 2.62 bits per heavy atom. The molecule has 1 aliphatic carbocycles. The van der Waals surface area contributed by atoms with Crippen molar-refractivity contribution >= 4 is 0 Å². The SMILES string of the molecule is c1nnn(C2CCNCC2)c1C1CCCC1. The summed E-state index contributed by atoms with van der Waals surface area (Å²) in [5, 5.41) is 11.9. The van der Waals surface area contributed by atoms with Gasteiger partial charge in [-0.25, -0.2) is 4.68 Å². The number of hydrogen-bond acceptors (Lipinski definition) is 3. The molecule has 0 spiro atoms. The van der Waals surface area contributed by atoms with Gasteiger partial charge in [0.2, 0.25) is 0 Å². The van der Waals surface area contributed by atoms with Gasteiger partial charge in [-0.05, 0) is 38.8 Å². The summed E-state index contributed by atoms with van der Waals surface area (Å²) in [5.41, 5.74) is 1.39. The molecule has 1 aromatic rings. The predicted molar refractivity (Wildman–Crippen MR) is 62.4 cm³/mol. The summed E-state index contributed by atoms with van der Waals surface area (Å²) in [6, 6.07) is 0.583. The molecule has 1 saturated heterocycles. The number of rotatable bonds is 2. The number of hydrogen-bond donors (Lipinski definition) is 1. The lowest BCUT2D eigenvalue weighted by atomic mass is 10.0. The molecule has 2 heterocycles. The third-order valence-corrected chi connectivity index (χ3v) is 4.03. The summed E-state index contributed by atoms with van der Waals surface area (Å²) in [7, 11) is 0. The van der Waals surface area contributed by atoms with Crippen molar-refractivity contribution in [2.45, 2.75) is 50.5 Å². The summed E-state index contributed by atoms with van der Waals surface area (Å²) in [4.78, 5) is 0. The van der Waals surface area contributed by atoms with Crippen molar-refractivity contribution in [3.63, 3.8) is 0 Å². The fraction of sp³-hybridized carbons (Fsp3) is 0.833. The number of aromatic nitrogens is 3. The van der Waals surface area contributed by atoms with E-state index < -0.39 is 0 Å². The smallest absolute Gasteiger partial charge is 0.0728 e. The van der Waals surface area contributed by atoms with Crippen LogP contribution in [0.25, 0.3) is 0 Å². The topological polar surface area (TPSA) is 42.7 Å².